The summed E-state index contributed by atoms with van der Waals surface area (Å²) in [7, 11) is 0. The maximum absolute atomic E-state index is 12.6. The Hall–Kier alpha value is -2.66. The number of benzene rings is 2. The zero-order valence-electron chi connectivity index (χ0n) is 15.5. The van der Waals surface area contributed by atoms with Gasteiger partial charge in [0.2, 0.25) is 0 Å². The van der Waals surface area contributed by atoms with Crippen molar-refractivity contribution in [3.8, 4) is 11.5 Å². The lowest BCUT2D eigenvalue weighted by atomic mass is 9.84. The Balaban J connectivity index is 1.39. The quantitative estimate of drug-likeness (QED) is 0.825. The second-order valence-corrected chi connectivity index (χ2v) is 7.43. The van der Waals surface area contributed by atoms with Crippen molar-refractivity contribution in [1.82, 2.24) is 10.2 Å². The monoisotopic (exact) mass is 364 g/mol. The molecule has 140 valence electrons. The number of fused-ring (bicyclic) bond motifs is 3. The van der Waals surface area contributed by atoms with E-state index in [1.165, 1.54) is 19.8 Å². The maximum Gasteiger partial charge on any atom is 0.251 e. The minimum Gasteiger partial charge on any atom is -0.457 e. The molecular weight excluding hydrogens is 340 g/mol. The van der Waals surface area contributed by atoms with Crippen LogP contribution in [-0.4, -0.2) is 42.3 Å². The molecule has 27 heavy (non-hydrogen) atoms. The average Bonchev–Trinajstić information content (AvgIpc) is 2.69. The SMILES string of the molecule is CC(=O)c1cccc(Oc2ccc(C(=O)NC3CN4CCC3CC4)cc2)c1. The van der Waals surface area contributed by atoms with Crippen molar-refractivity contribution in [3.05, 3.63) is 59.7 Å². The summed E-state index contributed by atoms with van der Waals surface area (Å²) in [4.78, 5) is 26.5. The first-order valence-electron chi connectivity index (χ1n) is 9.50. The third-order valence-corrected chi connectivity index (χ3v) is 5.57. The van der Waals surface area contributed by atoms with Gasteiger partial charge >= 0.3 is 0 Å². The van der Waals surface area contributed by atoms with E-state index in [0.29, 0.717) is 28.5 Å². The van der Waals surface area contributed by atoms with Crippen molar-refractivity contribution in [3.63, 3.8) is 0 Å². The van der Waals surface area contributed by atoms with E-state index in [2.05, 4.69) is 10.2 Å². The van der Waals surface area contributed by atoms with Gasteiger partial charge < -0.3 is 15.0 Å². The Kier molecular flexibility index (Phi) is 4.94. The van der Waals surface area contributed by atoms with Crippen molar-refractivity contribution >= 4 is 11.7 Å². The van der Waals surface area contributed by atoms with Gasteiger partial charge in [0.25, 0.3) is 5.91 Å². The van der Waals surface area contributed by atoms with Crippen molar-refractivity contribution < 1.29 is 14.3 Å². The Morgan fingerprint density at radius 3 is 2.37 bits per heavy atom. The second kappa shape index (κ2) is 7.53. The van der Waals surface area contributed by atoms with Gasteiger partial charge in [-0.2, -0.15) is 0 Å². The molecule has 5 rings (SSSR count). The van der Waals surface area contributed by atoms with Crippen molar-refractivity contribution in [2.24, 2.45) is 5.92 Å². The lowest BCUT2D eigenvalue weighted by Crippen LogP contribution is -2.57. The molecule has 1 unspecified atom stereocenters. The molecule has 0 saturated carbocycles. The molecule has 0 radical (unpaired) electrons. The number of carbonyl (C=O) groups excluding carboxylic acids is 2. The lowest BCUT2D eigenvalue weighted by Gasteiger charge is -2.44. The van der Waals surface area contributed by atoms with E-state index in [1.54, 1.807) is 48.5 Å². The van der Waals surface area contributed by atoms with Gasteiger partial charge in [-0.1, -0.05) is 12.1 Å². The Labute approximate surface area is 159 Å². The number of rotatable bonds is 5. The van der Waals surface area contributed by atoms with Gasteiger partial charge in [0, 0.05) is 23.7 Å². The van der Waals surface area contributed by atoms with Gasteiger partial charge in [-0.15, -0.1) is 0 Å². The van der Waals surface area contributed by atoms with E-state index in [0.717, 1.165) is 19.6 Å². The van der Waals surface area contributed by atoms with E-state index in [-0.39, 0.29) is 17.7 Å². The molecule has 5 heteroatoms. The Morgan fingerprint density at radius 1 is 1.00 bits per heavy atom. The number of ketones is 1. The van der Waals surface area contributed by atoms with Gasteiger partial charge in [0.1, 0.15) is 11.5 Å². The standard InChI is InChI=1S/C22H24N2O3/c1-15(25)18-3-2-4-20(13-18)27-19-7-5-17(6-8-19)22(26)23-21-14-24-11-9-16(21)10-12-24/h2-8,13,16,21H,9-12,14H2,1H3,(H,23,26). The zero-order valence-corrected chi connectivity index (χ0v) is 15.5. The molecule has 0 aliphatic carbocycles. The van der Waals surface area contributed by atoms with Crippen molar-refractivity contribution in [2.45, 2.75) is 25.8 Å². The van der Waals surface area contributed by atoms with Crippen molar-refractivity contribution in [1.29, 1.82) is 0 Å². The minimum absolute atomic E-state index is 0.000195. The summed E-state index contributed by atoms with van der Waals surface area (Å²) in [5.41, 5.74) is 1.25. The van der Waals surface area contributed by atoms with Crippen LogP contribution in [0.25, 0.3) is 0 Å². The van der Waals surface area contributed by atoms with Gasteiger partial charge in [0.05, 0.1) is 0 Å². The number of hydrogen-bond acceptors (Lipinski definition) is 4. The highest BCUT2D eigenvalue weighted by atomic mass is 16.5. The number of hydrogen-bond donors (Lipinski definition) is 1. The van der Waals surface area contributed by atoms with E-state index in [9.17, 15) is 9.59 Å². The highest BCUT2D eigenvalue weighted by Crippen LogP contribution is 2.28. The summed E-state index contributed by atoms with van der Waals surface area (Å²) >= 11 is 0. The lowest BCUT2D eigenvalue weighted by molar-refractivity contribution is 0.0620. The molecule has 5 nitrogen and oxygen atoms in total. The summed E-state index contributed by atoms with van der Waals surface area (Å²) in [6.07, 6.45) is 2.36. The van der Waals surface area contributed by atoms with Crippen molar-refractivity contribution in [2.75, 3.05) is 19.6 Å². The molecule has 2 bridgehead atoms. The highest BCUT2D eigenvalue weighted by molar-refractivity contribution is 5.95. The maximum atomic E-state index is 12.6. The van der Waals surface area contributed by atoms with Crippen LogP contribution in [0.1, 0.15) is 40.5 Å². The molecule has 2 aromatic carbocycles. The third kappa shape index (κ3) is 4.03. The molecule has 1 atom stereocenters. The van der Waals surface area contributed by atoms with Crippen LogP contribution in [0.2, 0.25) is 0 Å². The van der Waals surface area contributed by atoms with Gasteiger partial charge in [0.15, 0.2) is 5.78 Å². The van der Waals surface area contributed by atoms with Gasteiger partial charge in [-0.05, 0) is 75.2 Å². The van der Waals surface area contributed by atoms with Crippen LogP contribution in [0.3, 0.4) is 0 Å². The molecule has 1 amide bonds. The first-order chi connectivity index (χ1) is 13.1. The first kappa shape index (κ1) is 17.7. The normalized spacial score (nSPS) is 23.7. The van der Waals surface area contributed by atoms with E-state index in [1.807, 2.05) is 0 Å². The summed E-state index contributed by atoms with van der Waals surface area (Å²) in [6.45, 7) is 4.81. The van der Waals surface area contributed by atoms with Crippen LogP contribution in [0.4, 0.5) is 0 Å². The first-order valence-corrected chi connectivity index (χ1v) is 9.50. The fourth-order valence-electron chi connectivity index (χ4n) is 3.97. The number of ether oxygens (including phenoxy) is 1. The van der Waals surface area contributed by atoms with Crippen LogP contribution in [0.5, 0.6) is 11.5 Å². The van der Waals surface area contributed by atoms with Crippen LogP contribution < -0.4 is 10.1 Å². The van der Waals surface area contributed by atoms with Crippen LogP contribution in [0, 0.1) is 5.92 Å². The third-order valence-electron chi connectivity index (χ3n) is 5.57. The number of nitrogens with one attached hydrogen (secondary N) is 1. The van der Waals surface area contributed by atoms with E-state index >= 15 is 0 Å². The summed E-state index contributed by atoms with van der Waals surface area (Å²) < 4.78 is 5.80. The van der Waals surface area contributed by atoms with E-state index in [4.69, 9.17) is 4.74 Å². The number of carbonyl (C=O) groups is 2. The number of amides is 1. The molecule has 2 aromatic rings. The molecule has 0 spiro atoms. The van der Waals surface area contributed by atoms with E-state index < -0.39 is 0 Å². The topological polar surface area (TPSA) is 58.6 Å². The molecule has 3 aliphatic rings. The number of piperidine rings is 3. The predicted molar refractivity (Wildman–Crippen MR) is 103 cm³/mol. The van der Waals surface area contributed by atoms with Gasteiger partial charge in [-0.3, -0.25) is 9.59 Å². The Bertz CT molecular complexity index is 839. The Morgan fingerprint density at radius 2 is 1.74 bits per heavy atom. The fourth-order valence-corrected chi connectivity index (χ4v) is 3.97. The summed E-state index contributed by atoms with van der Waals surface area (Å²) in [6, 6.07) is 14.5. The molecule has 3 fully saturated rings. The summed E-state index contributed by atoms with van der Waals surface area (Å²) in [5.74, 6) is 1.82. The number of nitrogens with zero attached hydrogens (tertiary/aromatic N) is 1. The fraction of sp³-hybridized carbons (Fsp3) is 0.364. The molecule has 1 N–H and O–H groups in total. The second-order valence-electron chi connectivity index (χ2n) is 7.43. The summed E-state index contributed by atoms with van der Waals surface area (Å²) in [5, 5.41) is 3.20. The average molecular weight is 364 g/mol. The largest absolute Gasteiger partial charge is 0.457 e. The molecule has 3 aliphatic heterocycles. The molecule has 3 heterocycles. The molecular formula is C22H24N2O3. The van der Waals surface area contributed by atoms with Gasteiger partial charge in [-0.25, -0.2) is 0 Å². The predicted octanol–water partition coefficient (Wildman–Crippen LogP) is 3.51. The highest BCUT2D eigenvalue weighted by Gasteiger charge is 2.34. The van der Waals surface area contributed by atoms with Crippen LogP contribution in [0.15, 0.2) is 48.5 Å². The molecule has 3 saturated heterocycles. The van der Waals surface area contributed by atoms with Crippen LogP contribution in [-0.2, 0) is 0 Å². The smallest absolute Gasteiger partial charge is 0.251 e. The number of Topliss-reactive ketones (excluding diaryl/α,β-unsaturated/α-hetero) is 1. The van der Waals surface area contributed by atoms with Crippen LogP contribution >= 0.6 is 0 Å². The molecule has 0 aromatic heterocycles. The minimum atomic E-state index is -0.0288. The zero-order chi connectivity index (χ0) is 18.8.